The second-order valence-corrected chi connectivity index (χ2v) is 7.93. The number of anilines is 2. The van der Waals surface area contributed by atoms with Crippen molar-refractivity contribution < 1.29 is 4.79 Å². The van der Waals surface area contributed by atoms with Gasteiger partial charge in [0.25, 0.3) is 5.91 Å². The molecule has 1 aromatic carbocycles. The summed E-state index contributed by atoms with van der Waals surface area (Å²) in [4.78, 5) is 22.0. The Morgan fingerprint density at radius 3 is 2.45 bits per heavy atom. The number of piperazine rings is 1. The van der Waals surface area contributed by atoms with E-state index in [0.717, 1.165) is 50.5 Å². The Morgan fingerprint density at radius 1 is 1.12 bits per heavy atom. The molecule has 0 atom stereocenters. The number of carbonyl (C=O) groups is 1. The maximum Gasteiger partial charge on any atom is 0.254 e. The van der Waals surface area contributed by atoms with Gasteiger partial charge in [-0.15, -0.1) is 0 Å². The predicted octanol–water partition coefficient (Wildman–Crippen LogP) is 5.27. The van der Waals surface area contributed by atoms with Crippen LogP contribution in [0.1, 0.15) is 23.7 Å². The van der Waals surface area contributed by atoms with E-state index in [-0.39, 0.29) is 5.91 Å². The Hall–Kier alpha value is -3.57. The molecule has 1 saturated heterocycles. The van der Waals surface area contributed by atoms with Crippen molar-refractivity contribution in [2.45, 2.75) is 13.3 Å². The fourth-order valence-corrected chi connectivity index (χ4v) is 4.11. The first-order valence-corrected chi connectivity index (χ1v) is 11.4. The first-order valence-electron chi connectivity index (χ1n) is 11.4. The number of amides is 1. The van der Waals surface area contributed by atoms with E-state index in [1.807, 2.05) is 31.2 Å². The van der Waals surface area contributed by atoms with Gasteiger partial charge in [-0.3, -0.25) is 14.6 Å². The van der Waals surface area contributed by atoms with Crippen LogP contribution < -0.4 is 9.80 Å². The van der Waals surface area contributed by atoms with Gasteiger partial charge in [0.05, 0.1) is 0 Å². The molecule has 1 fully saturated rings. The number of benzene rings is 1. The molecule has 5 nitrogen and oxygen atoms in total. The minimum Gasteiger partial charge on any atom is -0.369 e. The fourth-order valence-electron chi connectivity index (χ4n) is 4.11. The Balaban J connectivity index is 1.56. The molecular weight excluding hydrogens is 408 g/mol. The standard InChI is InChI=1S/C28H34N4O/c1-5-9-16-32(28(33)8-4)25-13-11-24(12-14-25)31-20-18-30(19-21-31)17-15-23-22-29-27(10-6-2)26(23)7-3/h5-14,16,22,29H,1,3-4,15,17-21H2,2H3/b10-6-,16-9-. The van der Waals surface area contributed by atoms with E-state index in [1.165, 1.54) is 22.9 Å². The Labute approximate surface area is 197 Å². The van der Waals surface area contributed by atoms with E-state index in [1.54, 1.807) is 23.3 Å². The highest BCUT2D eigenvalue weighted by Crippen LogP contribution is 2.23. The molecule has 1 aliphatic heterocycles. The quantitative estimate of drug-likeness (QED) is 0.402. The molecule has 1 aliphatic rings. The number of aromatic nitrogens is 1. The zero-order chi connectivity index (χ0) is 23.6. The molecule has 0 radical (unpaired) electrons. The normalized spacial score (nSPS) is 14.6. The van der Waals surface area contributed by atoms with Gasteiger partial charge in [0.2, 0.25) is 0 Å². The largest absolute Gasteiger partial charge is 0.369 e. The summed E-state index contributed by atoms with van der Waals surface area (Å²) in [5, 5.41) is 0. The smallest absolute Gasteiger partial charge is 0.254 e. The molecule has 172 valence electrons. The highest BCUT2D eigenvalue weighted by Gasteiger charge is 2.18. The first kappa shape index (κ1) is 24.1. The van der Waals surface area contributed by atoms with Crippen molar-refractivity contribution in [1.82, 2.24) is 9.88 Å². The molecule has 0 unspecified atom stereocenters. The van der Waals surface area contributed by atoms with Crippen molar-refractivity contribution in [3.63, 3.8) is 0 Å². The maximum atomic E-state index is 12.2. The van der Waals surface area contributed by atoms with Gasteiger partial charge in [-0.25, -0.2) is 0 Å². The number of allylic oxidation sites excluding steroid dienone is 3. The van der Waals surface area contributed by atoms with Crippen LogP contribution in [0.25, 0.3) is 12.2 Å². The highest BCUT2D eigenvalue weighted by atomic mass is 16.2. The molecule has 0 bridgehead atoms. The Morgan fingerprint density at radius 2 is 1.85 bits per heavy atom. The second kappa shape index (κ2) is 11.9. The molecular formula is C28H34N4O. The zero-order valence-corrected chi connectivity index (χ0v) is 19.5. The monoisotopic (exact) mass is 442 g/mol. The molecule has 3 rings (SSSR count). The van der Waals surface area contributed by atoms with Gasteiger partial charge in [-0.1, -0.05) is 38.0 Å². The third kappa shape index (κ3) is 6.02. The van der Waals surface area contributed by atoms with Crippen molar-refractivity contribution in [2.24, 2.45) is 0 Å². The van der Waals surface area contributed by atoms with Crippen molar-refractivity contribution >= 4 is 29.4 Å². The minimum absolute atomic E-state index is 0.172. The van der Waals surface area contributed by atoms with E-state index in [2.05, 4.69) is 58.9 Å². The molecule has 0 saturated carbocycles. The number of hydrogen-bond donors (Lipinski definition) is 1. The third-order valence-electron chi connectivity index (χ3n) is 5.92. The Kier molecular flexibility index (Phi) is 8.67. The summed E-state index contributed by atoms with van der Waals surface area (Å²) in [6.07, 6.45) is 15.6. The number of nitrogens with one attached hydrogen (secondary N) is 1. The first-order chi connectivity index (χ1) is 16.1. The van der Waals surface area contributed by atoms with Crippen molar-refractivity contribution in [1.29, 1.82) is 0 Å². The van der Waals surface area contributed by atoms with Gasteiger partial charge >= 0.3 is 0 Å². The molecule has 2 aromatic rings. The van der Waals surface area contributed by atoms with E-state index < -0.39 is 0 Å². The van der Waals surface area contributed by atoms with E-state index in [4.69, 9.17) is 0 Å². The summed E-state index contributed by atoms with van der Waals surface area (Å²) in [6.45, 7) is 18.3. The molecule has 1 N–H and O–H groups in total. The molecule has 1 aromatic heterocycles. The van der Waals surface area contributed by atoms with E-state index in [9.17, 15) is 4.79 Å². The highest BCUT2D eigenvalue weighted by molar-refractivity contribution is 6.02. The number of rotatable bonds is 10. The second-order valence-electron chi connectivity index (χ2n) is 7.93. The van der Waals surface area contributed by atoms with Crippen molar-refractivity contribution in [3.05, 3.63) is 97.5 Å². The van der Waals surface area contributed by atoms with Crippen LogP contribution in [-0.4, -0.2) is 48.5 Å². The molecule has 1 amide bonds. The third-order valence-corrected chi connectivity index (χ3v) is 5.92. The average molecular weight is 443 g/mol. The van der Waals surface area contributed by atoms with Crippen LogP contribution in [0.3, 0.4) is 0 Å². The summed E-state index contributed by atoms with van der Waals surface area (Å²) in [5.74, 6) is -0.172. The lowest BCUT2D eigenvalue weighted by Gasteiger charge is -2.36. The average Bonchev–Trinajstić information content (AvgIpc) is 3.25. The van der Waals surface area contributed by atoms with Gasteiger partial charge < -0.3 is 9.88 Å². The molecule has 33 heavy (non-hydrogen) atoms. The number of aromatic amines is 1. The van der Waals surface area contributed by atoms with Crippen molar-refractivity contribution in [3.8, 4) is 0 Å². The molecule has 2 heterocycles. The van der Waals surface area contributed by atoms with Crippen LogP contribution in [0.2, 0.25) is 0 Å². The van der Waals surface area contributed by atoms with Crippen molar-refractivity contribution in [2.75, 3.05) is 42.5 Å². The van der Waals surface area contributed by atoms with Gasteiger partial charge in [0.1, 0.15) is 0 Å². The number of H-pyrrole nitrogens is 1. The zero-order valence-electron chi connectivity index (χ0n) is 19.5. The lowest BCUT2D eigenvalue weighted by atomic mass is 10.1. The summed E-state index contributed by atoms with van der Waals surface area (Å²) >= 11 is 0. The number of carbonyl (C=O) groups excluding carboxylic acids is 1. The fraction of sp³-hybridized carbons (Fsp3) is 0.250. The number of nitrogens with zero attached hydrogens (tertiary/aromatic N) is 3. The van der Waals surface area contributed by atoms with E-state index in [0.29, 0.717) is 0 Å². The minimum atomic E-state index is -0.172. The molecule has 0 aliphatic carbocycles. The van der Waals surface area contributed by atoms with Crippen LogP contribution in [0.15, 0.2) is 80.7 Å². The molecule has 5 heteroatoms. The van der Waals surface area contributed by atoms with Gasteiger partial charge in [0, 0.05) is 67.8 Å². The summed E-state index contributed by atoms with van der Waals surface area (Å²) in [6, 6.07) is 8.10. The van der Waals surface area contributed by atoms with Gasteiger partial charge in [-0.05, 0) is 61.4 Å². The van der Waals surface area contributed by atoms with Crippen LogP contribution in [-0.2, 0) is 11.2 Å². The van der Waals surface area contributed by atoms with E-state index >= 15 is 0 Å². The topological polar surface area (TPSA) is 42.6 Å². The van der Waals surface area contributed by atoms with Crippen LogP contribution in [0.5, 0.6) is 0 Å². The van der Waals surface area contributed by atoms with Gasteiger partial charge in [-0.2, -0.15) is 0 Å². The summed E-state index contributed by atoms with van der Waals surface area (Å²) in [7, 11) is 0. The SMILES string of the molecule is C=C/C=C\N(C(=O)C=C)c1ccc(N2CCN(CCc3c[nH]c(/C=C\C)c3C=C)CC2)cc1. The lowest BCUT2D eigenvalue weighted by Crippen LogP contribution is -2.47. The Bertz CT molecular complexity index is 1020. The molecule has 0 spiro atoms. The van der Waals surface area contributed by atoms with Crippen LogP contribution in [0, 0.1) is 0 Å². The predicted molar refractivity (Wildman–Crippen MR) is 141 cm³/mol. The summed E-state index contributed by atoms with van der Waals surface area (Å²) < 4.78 is 0. The number of hydrogen-bond acceptors (Lipinski definition) is 3. The summed E-state index contributed by atoms with van der Waals surface area (Å²) in [5.41, 5.74) is 5.64. The van der Waals surface area contributed by atoms with Crippen LogP contribution >= 0.6 is 0 Å². The maximum absolute atomic E-state index is 12.2. The van der Waals surface area contributed by atoms with Crippen LogP contribution in [0.4, 0.5) is 11.4 Å². The lowest BCUT2D eigenvalue weighted by molar-refractivity contribution is -0.113. The van der Waals surface area contributed by atoms with Gasteiger partial charge in [0.15, 0.2) is 0 Å².